The van der Waals surface area contributed by atoms with Crippen LogP contribution in [0.4, 0.5) is 5.69 Å². The van der Waals surface area contributed by atoms with E-state index in [1.165, 1.54) is 0 Å². The summed E-state index contributed by atoms with van der Waals surface area (Å²) < 4.78 is 0.789. The molecule has 1 N–H and O–H groups in total. The summed E-state index contributed by atoms with van der Waals surface area (Å²) in [4.78, 5) is 16.5. The van der Waals surface area contributed by atoms with Gasteiger partial charge in [0, 0.05) is 5.92 Å². The molecule has 1 amide bonds. The van der Waals surface area contributed by atoms with Gasteiger partial charge in [-0.3, -0.25) is 4.79 Å². The fourth-order valence-corrected chi connectivity index (χ4v) is 2.40. The van der Waals surface area contributed by atoms with E-state index in [2.05, 4.69) is 40.1 Å². The minimum Gasteiger partial charge on any atom is -0.324 e. The molecule has 18 heavy (non-hydrogen) atoms. The summed E-state index contributed by atoms with van der Waals surface area (Å²) in [7, 11) is 0. The Balaban J connectivity index is 2.72. The summed E-state index contributed by atoms with van der Waals surface area (Å²) in [5.41, 5.74) is 1.64. The quantitative estimate of drug-likeness (QED) is 0.795. The number of nitrogens with one attached hydrogen (secondary N) is 1. The monoisotopic (exact) mass is 312 g/mol. The van der Waals surface area contributed by atoms with Gasteiger partial charge in [-0.05, 0) is 47.8 Å². The van der Waals surface area contributed by atoms with Crippen LogP contribution in [0.2, 0.25) is 0 Å². The molecule has 0 fully saturated rings. The molecule has 0 unspecified atom stereocenters. The molecule has 0 saturated heterocycles. The van der Waals surface area contributed by atoms with Gasteiger partial charge in [0.1, 0.15) is 4.60 Å². The summed E-state index contributed by atoms with van der Waals surface area (Å²) in [5, 5.41) is 2.98. The Kier molecular flexibility index (Phi) is 6.33. The Bertz CT molecular complexity index is 401. The summed E-state index contributed by atoms with van der Waals surface area (Å²) in [5.74, 6) is 0.231. The molecule has 0 aliphatic heterocycles. The van der Waals surface area contributed by atoms with Crippen LogP contribution in [-0.4, -0.2) is 10.9 Å². The minimum absolute atomic E-state index is 0.114. The molecule has 1 heterocycles. The van der Waals surface area contributed by atoms with Crippen LogP contribution < -0.4 is 5.32 Å². The molecule has 1 aromatic heterocycles. The van der Waals surface area contributed by atoms with Crippen LogP contribution in [0.1, 0.15) is 45.2 Å². The zero-order chi connectivity index (χ0) is 13.5. The zero-order valence-electron chi connectivity index (χ0n) is 11.3. The summed E-state index contributed by atoms with van der Waals surface area (Å²) in [6, 6.07) is 3.73. The van der Waals surface area contributed by atoms with Crippen LogP contribution in [0.3, 0.4) is 0 Å². The largest absolute Gasteiger partial charge is 0.324 e. The van der Waals surface area contributed by atoms with E-state index in [4.69, 9.17) is 0 Å². The number of carbonyl (C=O) groups excluding carboxylic acids is 1. The van der Waals surface area contributed by atoms with Crippen LogP contribution in [0, 0.1) is 12.8 Å². The molecule has 1 aromatic rings. The van der Waals surface area contributed by atoms with Crippen molar-refractivity contribution >= 4 is 27.5 Å². The SMILES string of the molecule is CCCC(CCC)C(=O)Nc1ccc(Br)nc1C. The molecule has 100 valence electrons. The average Bonchev–Trinajstić information content (AvgIpc) is 2.32. The number of aryl methyl sites for hydroxylation is 1. The number of amides is 1. The maximum atomic E-state index is 12.2. The third-order valence-corrected chi connectivity index (χ3v) is 3.40. The molecule has 0 atom stereocenters. The first kappa shape index (κ1) is 15.2. The van der Waals surface area contributed by atoms with E-state index in [-0.39, 0.29) is 11.8 Å². The van der Waals surface area contributed by atoms with Gasteiger partial charge in [-0.25, -0.2) is 4.98 Å². The average molecular weight is 313 g/mol. The summed E-state index contributed by atoms with van der Waals surface area (Å²) >= 11 is 3.32. The number of nitrogens with zero attached hydrogens (tertiary/aromatic N) is 1. The van der Waals surface area contributed by atoms with Crippen LogP contribution in [-0.2, 0) is 4.79 Å². The smallest absolute Gasteiger partial charge is 0.227 e. The Morgan fingerprint density at radius 1 is 1.33 bits per heavy atom. The molecule has 3 nitrogen and oxygen atoms in total. The van der Waals surface area contributed by atoms with Gasteiger partial charge >= 0.3 is 0 Å². The Morgan fingerprint density at radius 3 is 2.44 bits per heavy atom. The number of halogens is 1. The third-order valence-electron chi connectivity index (χ3n) is 2.95. The lowest BCUT2D eigenvalue weighted by atomic mass is 9.97. The van der Waals surface area contributed by atoms with Crippen molar-refractivity contribution in [1.29, 1.82) is 0 Å². The Hall–Kier alpha value is -0.900. The maximum Gasteiger partial charge on any atom is 0.227 e. The minimum atomic E-state index is 0.114. The predicted octanol–water partition coefficient (Wildman–Crippen LogP) is 4.31. The second kappa shape index (κ2) is 7.52. The Labute approximate surface area is 118 Å². The molecule has 0 aliphatic carbocycles. The summed E-state index contributed by atoms with van der Waals surface area (Å²) in [6.07, 6.45) is 3.97. The third kappa shape index (κ3) is 4.41. The molecule has 0 radical (unpaired) electrons. The lowest BCUT2D eigenvalue weighted by Crippen LogP contribution is -2.23. The second-order valence-corrected chi connectivity index (χ2v) is 5.34. The van der Waals surface area contributed by atoms with Crippen molar-refractivity contribution in [1.82, 2.24) is 4.98 Å². The topological polar surface area (TPSA) is 42.0 Å². The van der Waals surface area contributed by atoms with Gasteiger partial charge in [0.15, 0.2) is 0 Å². The van der Waals surface area contributed by atoms with Crippen molar-refractivity contribution < 1.29 is 4.79 Å². The van der Waals surface area contributed by atoms with Crippen molar-refractivity contribution in [3.8, 4) is 0 Å². The molecule has 0 bridgehead atoms. The predicted molar refractivity (Wildman–Crippen MR) is 78.6 cm³/mol. The number of aromatic nitrogens is 1. The van der Waals surface area contributed by atoms with Gasteiger partial charge in [0.25, 0.3) is 0 Å². The number of anilines is 1. The van der Waals surface area contributed by atoms with Crippen LogP contribution >= 0.6 is 15.9 Å². The van der Waals surface area contributed by atoms with Gasteiger partial charge in [-0.15, -0.1) is 0 Å². The first-order chi connectivity index (χ1) is 8.58. The van der Waals surface area contributed by atoms with E-state index in [0.29, 0.717) is 0 Å². The van der Waals surface area contributed by atoms with Gasteiger partial charge in [0.05, 0.1) is 11.4 Å². The van der Waals surface area contributed by atoms with E-state index in [1.54, 1.807) is 0 Å². The van der Waals surface area contributed by atoms with Gasteiger partial charge in [0.2, 0.25) is 5.91 Å². The number of hydrogen-bond donors (Lipinski definition) is 1. The molecular weight excluding hydrogens is 292 g/mol. The normalized spacial score (nSPS) is 10.7. The molecular formula is C14H21BrN2O. The van der Waals surface area contributed by atoms with Gasteiger partial charge < -0.3 is 5.32 Å². The first-order valence-electron chi connectivity index (χ1n) is 6.52. The standard InChI is InChI=1S/C14H21BrN2O/c1-4-6-11(7-5-2)14(18)17-12-8-9-13(15)16-10(12)3/h8-9,11H,4-7H2,1-3H3,(H,17,18). The fraction of sp³-hybridized carbons (Fsp3) is 0.571. The highest BCUT2D eigenvalue weighted by molar-refractivity contribution is 9.10. The molecule has 0 aromatic carbocycles. The molecule has 0 aliphatic rings. The van der Waals surface area contributed by atoms with E-state index in [1.807, 2.05) is 19.1 Å². The number of carbonyl (C=O) groups is 1. The van der Waals surface area contributed by atoms with Crippen molar-refractivity contribution in [2.45, 2.75) is 46.5 Å². The van der Waals surface area contributed by atoms with E-state index >= 15 is 0 Å². The molecule has 4 heteroatoms. The van der Waals surface area contributed by atoms with Gasteiger partial charge in [-0.2, -0.15) is 0 Å². The van der Waals surface area contributed by atoms with Crippen molar-refractivity contribution in [2.75, 3.05) is 5.32 Å². The number of hydrogen-bond acceptors (Lipinski definition) is 2. The van der Waals surface area contributed by atoms with Crippen molar-refractivity contribution in [3.63, 3.8) is 0 Å². The lowest BCUT2D eigenvalue weighted by molar-refractivity contribution is -0.120. The molecule has 0 spiro atoms. The molecule has 1 rings (SSSR count). The van der Waals surface area contributed by atoms with Crippen LogP contribution in [0.15, 0.2) is 16.7 Å². The lowest BCUT2D eigenvalue weighted by Gasteiger charge is -2.16. The highest BCUT2D eigenvalue weighted by atomic mass is 79.9. The fourth-order valence-electron chi connectivity index (χ4n) is 2.00. The summed E-state index contributed by atoms with van der Waals surface area (Å²) in [6.45, 7) is 6.12. The highest BCUT2D eigenvalue weighted by Gasteiger charge is 2.17. The van der Waals surface area contributed by atoms with Crippen molar-refractivity contribution in [3.05, 3.63) is 22.4 Å². The van der Waals surface area contributed by atoms with Crippen LogP contribution in [0.5, 0.6) is 0 Å². The Morgan fingerprint density at radius 2 is 1.94 bits per heavy atom. The van der Waals surface area contributed by atoms with E-state index in [9.17, 15) is 4.79 Å². The molecule has 0 saturated carbocycles. The zero-order valence-corrected chi connectivity index (χ0v) is 12.9. The van der Waals surface area contributed by atoms with Crippen LogP contribution in [0.25, 0.3) is 0 Å². The van der Waals surface area contributed by atoms with Gasteiger partial charge in [-0.1, -0.05) is 26.7 Å². The first-order valence-corrected chi connectivity index (χ1v) is 7.31. The highest BCUT2D eigenvalue weighted by Crippen LogP contribution is 2.20. The van der Waals surface area contributed by atoms with E-state index in [0.717, 1.165) is 41.7 Å². The maximum absolute atomic E-state index is 12.2. The van der Waals surface area contributed by atoms with Crippen molar-refractivity contribution in [2.24, 2.45) is 5.92 Å². The van der Waals surface area contributed by atoms with E-state index < -0.39 is 0 Å². The second-order valence-electron chi connectivity index (χ2n) is 4.53. The number of pyridine rings is 1. The number of rotatable bonds is 6.